The van der Waals surface area contributed by atoms with E-state index in [1.54, 1.807) is 57.2 Å². The molecule has 27 heavy (non-hydrogen) atoms. The summed E-state index contributed by atoms with van der Waals surface area (Å²) in [6, 6.07) is 12.8. The number of urea groups is 1. The zero-order valence-corrected chi connectivity index (χ0v) is 15.6. The van der Waals surface area contributed by atoms with E-state index in [2.05, 4.69) is 16.0 Å². The van der Waals surface area contributed by atoms with E-state index < -0.39 is 17.7 Å². The van der Waals surface area contributed by atoms with Gasteiger partial charge in [0.1, 0.15) is 11.4 Å². The van der Waals surface area contributed by atoms with Crippen LogP contribution in [0.5, 0.6) is 0 Å². The summed E-state index contributed by atoms with van der Waals surface area (Å²) in [7, 11) is 0. The molecule has 3 amide bonds. The molecule has 0 aromatic heterocycles. The first kappa shape index (κ1) is 20.2. The number of amides is 3. The van der Waals surface area contributed by atoms with Gasteiger partial charge in [0, 0.05) is 24.3 Å². The molecule has 0 unspecified atom stereocenters. The Bertz CT molecular complexity index is 803. The molecule has 0 aliphatic heterocycles. The fourth-order valence-electron chi connectivity index (χ4n) is 2.24. The highest BCUT2D eigenvalue weighted by Crippen LogP contribution is 2.12. The van der Waals surface area contributed by atoms with Gasteiger partial charge >= 0.3 is 12.1 Å². The van der Waals surface area contributed by atoms with E-state index in [-0.39, 0.29) is 18.9 Å². The van der Waals surface area contributed by atoms with Crippen LogP contribution in [0.25, 0.3) is 0 Å². The normalized spacial score (nSPS) is 10.8. The second-order valence-corrected chi connectivity index (χ2v) is 6.95. The fraction of sp³-hybridized carbons (Fsp3) is 0.300. The van der Waals surface area contributed by atoms with Crippen LogP contribution in [0.1, 0.15) is 31.9 Å². The van der Waals surface area contributed by atoms with Crippen LogP contribution >= 0.6 is 0 Å². The summed E-state index contributed by atoms with van der Waals surface area (Å²) in [5.74, 6) is -0.368. The molecule has 6 nitrogen and oxygen atoms in total. The molecule has 0 fully saturated rings. The molecular weight excluding hydrogens is 349 g/mol. The van der Waals surface area contributed by atoms with E-state index in [0.717, 1.165) is 5.56 Å². The third-order valence-corrected chi connectivity index (χ3v) is 3.42. The Hall–Kier alpha value is -3.09. The van der Waals surface area contributed by atoms with Gasteiger partial charge in [0.25, 0.3) is 0 Å². The van der Waals surface area contributed by atoms with Gasteiger partial charge in [0.05, 0.1) is 0 Å². The van der Waals surface area contributed by atoms with Gasteiger partial charge in [0.15, 0.2) is 0 Å². The fourth-order valence-corrected chi connectivity index (χ4v) is 2.24. The first-order chi connectivity index (χ1) is 12.7. The Morgan fingerprint density at radius 2 is 1.74 bits per heavy atom. The molecule has 0 heterocycles. The molecule has 2 aromatic rings. The second kappa shape index (κ2) is 9.02. The summed E-state index contributed by atoms with van der Waals surface area (Å²) in [6.45, 7) is 5.71. The average Bonchev–Trinajstić information content (AvgIpc) is 2.58. The smallest absolute Gasteiger partial charge is 0.407 e. The lowest BCUT2D eigenvalue weighted by Gasteiger charge is -2.19. The van der Waals surface area contributed by atoms with Crippen molar-refractivity contribution in [3.63, 3.8) is 0 Å². The van der Waals surface area contributed by atoms with E-state index in [0.29, 0.717) is 11.3 Å². The highest BCUT2D eigenvalue weighted by molar-refractivity contribution is 5.89. The molecule has 7 heteroatoms. The number of benzene rings is 2. The molecule has 0 bridgehead atoms. The molecule has 2 aromatic carbocycles. The first-order valence-electron chi connectivity index (χ1n) is 8.57. The molecule has 0 saturated heterocycles. The number of ether oxygens (including phenoxy) is 1. The van der Waals surface area contributed by atoms with Crippen molar-refractivity contribution in [1.29, 1.82) is 0 Å². The number of nitrogens with one attached hydrogen (secondary N) is 3. The van der Waals surface area contributed by atoms with Crippen LogP contribution in [0, 0.1) is 5.82 Å². The topological polar surface area (TPSA) is 79.5 Å². The van der Waals surface area contributed by atoms with Gasteiger partial charge < -0.3 is 20.7 Å². The van der Waals surface area contributed by atoms with Gasteiger partial charge in [-0.05, 0) is 44.5 Å². The number of carbonyl (C=O) groups is 2. The van der Waals surface area contributed by atoms with Crippen LogP contribution in [0.3, 0.4) is 0 Å². The van der Waals surface area contributed by atoms with Gasteiger partial charge in [-0.1, -0.05) is 30.3 Å². The zero-order valence-electron chi connectivity index (χ0n) is 15.6. The third-order valence-electron chi connectivity index (χ3n) is 3.42. The van der Waals surface area contributed by atoms with Crippen molar-refractivity contribution in [2.75, 3.05) is 5.32 Å². The summed E-state index contributed by atoms with van der Waals surface area (Å²) in [5.41, 5.74) is 1.20. The number of rotatable bonds is 5. The minimum Gasteiger partial charge on any atom is -0.444 e. The maximum absolute atomic E-state index is 13.6. The second-order valence-electron chi connectivity index (χ2n) is 6.95. The van der Waals surface area contributed by atoms with E-state index in [4.69, 9.17) is 4.74 Å². The van der Waals surface area contributed by atoms with Crippen molar-refractivity contribution in [1.82, 2.24) is 10.6 Å². The molecule has 0 aliphatic rings. The van der Waals surface area contributed by atoms with E-state index in [9.17, 15) is 14.0 Å². The van der Waals surface area contributed by atoms with E-state index in [1.807, 2.05) is 6.07 Å². The summed E-state index contributed by atoms with van der Waals surface area (Å²) >= 11 is 0. The highest BCUT2D eigenvalue weighted by Gasteiger charge is 2.15. The third kappa shape index (κ3) is 7.35. The molecule has 144 valence electrons. The minimum atomic E-state index is -0.566. The summed E-state index contributed by atoms with van der Waals surface area (Å²) in [5, 5.41) is 7.94. The van der Waals surface area contributed by atoms with E-state index >= 15 is 0 Å². The van der Waals surface area contributed by atoms with Crippen LogP contribution in [0.4, 0.5) is 19.7 Å². The molecule has 2 rings (SSSR count). The Kier molecular flexibility index (Phi) is 6.76. The number of carbonyl (C=O) groups excluding carboxylic acids is 2. The maximum Gasteiger partial charge on any atom is 0.407 e. The first-order valence-corrected chi connectivity index (χ1v) is 8.57. The molecule has 0 atom stereocenters. The molecule has 3 N–H and O–H groups in total. The highest BCUT2D eigenvalue weighted by atomic mass is 19.1. The Morgan fingerprint density at radius 1 is 1.00 bits per heavy atom. The zero-order chi connectivity index (χ0) is 19.9. The number of anilines is 1. The lowest BCUT2D eigenvalue weighted by Crippen LogP contribution is -2.32. The molecule has 0 radical (unpaired) electrons. The largest absolute Gasteiger partial charge is 0.444 e. The summed E-state index contributed by atoms with van der Waals surface area (Å²) < 4.78 is 18.7. The Morgan fingerprint density at radius 3 is 2.44 bits per heavy atom. The number of hydrogen-bond donors (Lipinski definition) is 3. The molecular formula is C20H24FN3O3. The van der Waals surface area contributed by atoms with Crippen LogP contribution in [0.2, 0.25) is 0 Å². The van der Waals surface area contributed by atoms with E-state index in [1.165, 1.54) is 6.07 Å². The lowest BCUT2D eigenvalue weighted by atomic mass is 10.2. The Labute approximate surface area is 158 Å². The van der Waals surface area contributed by atoms with Crippen molar-refractivity contribution < 1.29 is 18.7 Å². The molecule has 0 spiro atoms. The van der Waals surface area contributed by atoms with Crippen LogP contribution in [-0.2, 0) is 17.8 Å². The van der Waals surface area contributed by atoms with Gasteiger partial charge in [-0.2, -0.15) is 0 Å². The number of hydrogen-bond acceptors (Lipinski definition) is 3. The predicted octanol–water partition coefficient (Wildman–Crippen LogP) is 4.17. The summed E-state index contributed by atoms with van der Waals surface area (Å²) in [4.78, 5) is 23.7. The van der Waals surface area contributed by atoms with Crippen molar-refractivity contribution in [2.24, 2.45) is 0 Å². The predicted molar refractivity (Wildman–Crippen MR) is 102 cm³/mol. The molecule has 0 saturated carbocycles. The quantitative estimate of drug-likeness (QED) is 0.736. The standard InChI is InChI=1S/C20H24FN3O3/c1-20(2,3)27-19(26)23-12-14-7-6-9-16(11-14)24-18(25)22-13-15-8-4-5-10-17(15)21/h4-11H,12-13H2,1-3H3,(H,23,26)(H2,22,24,25). The van der Waals surface area contributed by atoms with Crippen molar-refractivity contribution in [3.05, 3.63) is 65.5 Å². The number of alkyl carbamates (subject to hydrolysis) is 1. The van der Waals surface area contributed by atoms with Gasteiger partial charge in [0.2, 0.25) is 0 Å². The van der Waals surface area contributed by atoms with Crippen LogP contribution < -0.4 is 16.0 Å². The van der Waals surface area contributed by atoms with Crippen LogP contribution in [0.15, 0.2) is 48.5 Å². The Balaban J connectivity index is 1.85. The van der Waals surface area contributed by atoms with Crippen molar-refractivity contribution in [2.45, 2.75) is 39.5 Å². The van der Waals surface area contributed by atoms with Gasteiger partial charge in [-0.25, -0.2) is 14.0 Å². The SMILES string of the molecule is CC(C)(C)OC(=O)NCc1cccc(NC(=O)NCc2ccccc2F)c1. The molecule has 0 aliphatic carbocycles. The van der Waals surface area contributed by atoms with Gasteiger partial charge in [-0.15, -0.1) is 0 Å². The van der Waals surface area contributed by atoms with Crippen molar-refractivity contribution >= 4 is 17.8 Å². The minimum absolute atomic E-state index is 0.0817. The van der Waals surface area contributed by atoms with Gasteiger partial charge in [-0.3, -0.25) is 0 Å². The lowest BCUT2D eigenvalue weighted by molar-refractivity contribution is 0.0523. The monoisotopic (exact) mass is 373 g/mol. The maximum atomic E-state index is 13.6. The number of halogens is 1. The van der Waals surface area contributed by atoms with Crippen molar-refractivity contribution in [3.8, 4) is 0 Å². The van der Waals surface area contributed by atoms with Crippen LogP contribution in [-0.4, -0.2) is 17.7 Å². The average molecular weight is 373 g/mol. The summed E-state index contributed by atoms with van der Waals surface area (Å²) in [6.07, 6.45) is -0.511.